The predicted octanol–water partition coefficient (Wildman–Crippen LogP) is 3.82. The minimum atomic E-state index is -0.662. The van der Waals surface area contributed by atoms with Crippen molar-refractivity contribution in [3.8, 4) is 5.75 Å². The molecule has 3 aromatic rings. The van der Waals surface area contributed by atoms with Crippen LogP contribution in [-0.4, -0.2) is 21.6 Å². The number of carbonyl (C=O) groups excluding carboxylic acids is 2. The lowest BCUT2D eigenvalue weighted by Gasteiger charge is -2.20. The fourth-order valence-corrected chi connectivity index (χ4v) is 3.18. The van der Waals surface area contributed by atoms with Gasteiger partial charge in [-0.1, -0.05) is 18.2 Å². The number of nitrogens with zero attached hydrogens (tertiary/aromatic N) is 1. The van der Waals surface area contributed by atoms with Crippen molar-refractivity contribution in [3.63, 3.8) is 0 Å². The summed E-state index contributed by atoms with van der Waals surface area (Å²) in [4.78, 5) is 36.6. The Morgan fingerprint density at radius 1 is 0.815 bits per heavy atom. The van der Waals surface area contributed by atoms with Gasteiger partial charge in [0.25, 0.3) is 5.69 Å². The molecule has 3 aromatic carbocycles. The van der Waals surface area contributed by atoms with Crippen molar-refractivity contribution in [1.82, 2.24) is 0 Å². The van der Waals surface area contributed by atoms with Crippen LogP contribution < -0.4 is 5.32 Å². The first kappa shape index (κ1) is 16.5. The van der Waals surface area contributed by atoms with Crippen molar-refractivity contribution >= 4 is 28.6 Å². The number of benzene rings is 3. The lowest BCUT2D eigenvalue weighted by molar-refractivity contribution is -0.385. The number of ketones is 2. The van der Waals surface area contributed by atoms with Gasteiger partial charge < -0.3 is 10.4 Å². The first-order valence-electron chi connectivity index (χ1n) is 8.03. The maximum atomic E-state index is 13.1. The van der Waals surface area contributed by atoms with Gasteiger partial charge in [-0.05, 0) is 36.4 Å². The second kappa shape index (κ2) is 6.06. The van der Waals surface area contributed by atoms with Crippen molar-refractivity contribution in [2.45, 2.75) is 0 Å². The third kappa shape index (κ3) is 2.62. The molecule has 0 aromatic heterocycles. The van der Waals surface area contributed by atoms with Crippen LogP contribution in [0.1, 0.15) is 31.8 Å². The van der Waals surface area contributed by atoms with Gasteiger partial charge in [-0.3, -0.25) is 19.7 Å². The molecule has 27 heavy (non-hydrogen) atoms. The smallest absolute Gasteiger partial charge is 0.281 e. The third-order valence-corrected chi connectivity index (χ3v) is 4.39. The molecule has 0 amide bonds. The van der Waals surface area contributed by atoms with Crippen LogP contribution in [0, 0.1) is 10.1 Å². The van der Waals surface area contributed by atoms with E-state index >= 15 is 0 Å². The highest BCUT2D eigenvalue weighted by molar-refractivity contribution is 6.31. The number of fused-ring (bicyclic) bond motifs is 2. The molecule has 0 bridgehead atoms. The summed E-state index contributed by atoms with van der Waals surface area (Å²) in [5.74, 6) is -0.919. The molecular formula is C20H12N2O5. The normalized spacial score (nSPS) is 12.3. The summed E-state index contributed by atoms with van der Waals surface area (Å²) < 4.78 is 0. The van der Waals surface area contributed by atoms with Gasteiger partial charge in [0.15, 0.2) is 5.78 Å². The molecule has 0 saturated heterocycles. The van der Waals surface area contributed by atoms with Gasteiger partial charge in [0.1, 0.15) is 11.3 Å². The van der Waals surface area contributed by atoms with Crippen LogP contribution in [0.2, 0.25) is 0 Å². The first-order valence-corrected chi connectivity index (χ1v) is 8.03. The Bertz CT molecular complexity index is 1120. The maximum absolute atomic E-state index is 13.1. The molecular weight excluding hydrogens is 348 g/mol. The van der Waals surface area contributed by atoms with E-state index in [0.717, 1.165) is 0 Å². The fraction of sp³-hybridized carbons (Fsp3) is 0. The van der Waals surface area contributed by atoms with Crippen LogP contribution in [-0.2, 0) is 0 Å². The molecule has 1 aliphatic carbocycles. The molecule has 0 heterocycles. The summed E-state index contributed by atoms with van der Waals surface area (Å²) in [6, 6.07) is 15.0. The zero-order valence-electron chi connectivity index (χ0n) is 13.8. The van der Waals surface area contributed by atoms with E-state index in [9.17, 15) is 24.8 Å². The highest BCUT2D eigenvalue weighted by atomic mass is 16.6. The monoisotopic (exact) mass is 360 g/mol. The van der Waals surface area contributed by atoms with Gasteiger partial charge in [-0.2, -0.15) is 0 Å². The summed E-state index contributed by atoms with van der Waals surface area (Å²) in [5, 5.41) is 23.8. The topological polar surface area (TPSA) is 110 Å². The second-order valence-corrected chi connectivity index (χ2v) is 6.02. The van der Waals surface area contributed by atoms with E-state index in [1.54, 1.807) is 24.3 Å². The van der Waals surface area contributed by atoms with Crippen LogP contribution in [0.15, 0.2) is 60.7 Å². The van der Waals surface area contributed by atoms with E-state index < -0.39 is 22.2 Å². The Balaban J connectivity index is 1.88. The van der Waals surface area contributed by atoms with E-state index in [2.05, 4.69) is 5.32 Å². The Hall–Kier alpha value is -4.00. The van der Waals surface area contributed by atoms with Crippen molar-refractivity contribution in [2.24, 2.45) is 0 Å². The average Bonchev–Trinajstić information content (AvgIpc) is 2.67. The number of phenols is 1. The van der Waals surface area contributed by atoms with Gasteiger partial charge in [0.05, 0.1) is 16.2 Å². The van der Waals surface area contributed by atoms with Gasteiger partial charge in [-0.25, -0.2) is 0 Å². The van der Waals surface area contributed by atoms with Gasteiger partial charge in [0.2, 0.25) is 5.78 Å². The van der Waals surface area contributed by atoms with Gasteiger partial charge in [0, 0.05) is 22.9 Å². The summed E-state index contributed by atoms with van der Waals surface area (Å²) in [6.45, 7) is 0. The van der Waals surface area contributed by atoms with Crippen LogP contribution in [0.4, 0.5) is 17.1 Å². The van der Waals surface area contributed by atoms with Gasteiger partial charge in [-0.15, -0.1) is 0 Å². The molecule has 0 unspecified atom stereocenters. The highest BCUT2D eigenvalue weighted by Crippen LogP contribution is 2.37. The molecule has 7 nitrogen and oxygen atoms in total. The number of phenolic OH excluding ortho intramolecular Hbond substituents is 1. The lowest BCUT2D eigenvalue weighted by atomic mass is 9.82. The summed E-state index contributed by atoms with van der Waals surface area (Å²) in [7, 11) is 0. The molecule has 1 aliphatic rings. The second-order valence-electron chi connectivity index (χ2n) is 6.02. The molecule has 0 fully saturated rings. The molecule has 7 heteroatoms. The number of aromatic hydroxyl groups is 1. The predicted molar refractivity (Wildman–Crippen MR) is 97.8 cm³/mol. The summed E-state index contributed by atoms with van der Waals surface area (Å²) >= 11 is 0. The fourth-order valence-electron chi connectivity index (χ4n) is 3.18. The standard InChI is InChI=1S/C20H12N2O5/c23-12-9-7-11(8-10-12)21-15-5-1-3-13-17(15)20(25)18-14(19(13)24)4-2-6-16(18)22(26)27/h1-10,21,23H. The number of carbonyl (C=O) groups is 2. The summed E-state index contributed by atoms with van der Waals surface area (Å²) in [5.41, 5.74) is 0.684. The number of hydrogen-bond donors (Lipinski definition) is 2. The van der Waals surface area contributed by atoms with Crippen molar-refractivity contribution < 1.29 is 19.6 Å². The minimum Gasteiger partial charge on any atom is -0.508 e. The zero-order chi connectivity index (χ0) is 19.1. The highest BCUT2D eigenvalue weighted by Gasteiger charge is 2.36. The van der Waals surface area contributed by atoms with Crippen molar-refractivity contribution in [2.75, 3.05) is 5.32 Å². The van der Waals surface area contributed by atoms with Crippen molar-refractivity contribution in [3.05, 3.63) is 93.0 Å². The molecule has 0 saturated carbocycles. The quantitative estimate of drug-likeness (QED) is 0.326. The molecule has 132 valence electrons. The van der Waals surface area contributed by atoms with Crippen molar-refractivity contribution in [1.29, 1.82) is 0 Å². The Kier molecular flexibility index (Phi) is 3.70. The number of rotatable bonds is 3. The molecule has 4 rings (SSSR count). The molecule has 0 spiro atoms. The van der Waals surface area contributed by atoms with E-state index in [1.807, 2.05) is 0 Å². The molecule has 0 radical (unpaired) electrons. The Labute approximate surface area is 153 Å². The maximum Gasteiger partial charge on any atom is 0.281 e. The number of nitro groups is 1. The Morgan fingerprint density at radius 3 is 2.11 bits per heavy atom. The molecule has 0 aliphatic heterocycles. The Morgan fingerprint density at radius 2 is 1.44 bits per heavy atom. The molecule has 0 atom stereocenters. The van der Waals surface area contributed by atoms with Crippen LogP contribution >= 0.6 is 0 Å². The largest absolute Gasteiger partial charge is 0.508 e. The van der Waals surface area contributed by atoms with E-state index in [0.29, 0.717) is 11.4 Å². The van der Waals surface area contributed by atoms with Crippen LogP contribution in [0.3, 0.4) is 0 Å². The molecule has 2 N–H and O–H groups in total. The van der Waals surface area contributed by atoms with E-state index in [4.69, 9.17) is 0 Å². The number of anilines is 2. The number of nitro benzene ring substituents is 1. The van der Waals surface area contributed by atoms with Crippen LogP contribution in [0.5, 0.6) is 5.75 Å². The number of nitrogens with one attached hydrogen (secondary N) is 1. The van der Waals surface area contributed by atoms with E-state index in [1.165, 1.54) is 36.4 Å². The zero-order valence-corrected chi connectivity index (χ0v) is 13.8. The third-order valence-electron chi connectivity index (χ3n) is 4.39. The SMILES string of the molecule is O=C1c2cccc(Nc3ccc(O)cc3)c2C(=O)c2c1cccc2[N+](=O)[O-]. The lowest BCUT2D eigenvalue weighted by Crippen LogP contribution is -2.23. The first-order chi connectivity index (χ1) is 13.0. The van der Waals surface area contributed by atoms with Crippen LogP contribution in [0.25, 0.3) is 0 Å². The average molecular weight is 360 g/mol. The minimum absolute atomic E-state index is 0.0310. The summed E-state index contributed by atoms with van der Waals surface area (Å²) in [6.07, 6.45) is 0. The van der Waals surface area contributed by atoms with Gasteiger partial charge >= 0.3 is 0 Å². The van der Waals surface area contributed by atoms with E-state index in [-0.39, 0.29) is 28.0 Å². The number of hydrogen-bond acceptors (Lipinski definition) is 6.